The van der Waals surface area contributed by atoms with Gasteiger partial charge >= 0.3 is 0 Å². The van der Waals surface area contributed by atoms with Crippen molar-refractivity contribution in [1.29, 1.82) is 0 Å². The molecule has 0 amide bonds. The Labute approximate surface area is 187 Å². The Bertz CT molecular complexity index is 784. The fourth-order valence-electron chi connectivity index (χ4n) is 4.33. The molecule has 3 fully saturated rings. The Morgan fingerprint density at radius 3 is 2.27 bits per heavy atom. The zero-order chi connectivity index (χ0) is 23.9. The third-order valence-corrected chi connectivity index (χ3v) is 6.28. The first kappa shape index (κ1) is 24.8. The van der Waals surface area contributed by atoms with E-state index in [1.807, 2.05) is 0 Å². The smallest absolute Gasteiger partial charge is 0.187 e. The van der Waals surface area contributed by atoms with Crippen LogP contribution in [0.15, 0.2) is 6.20 Å². The second-order valence-corrected chi connectivity index (χ2v) is 8.44. The van der Waals surface area contributed by atoms with Crippen LogP contribution in [0.4, 0.5) is 0 Å². The van der Waals surface area contributed by atoms with Crippen LogP contribution in [0, 0.1) is 0 Å². The van der Waals surface area contributed by atoms with Crippen molar-refractivity contribution in [1.82, 2.24) is 20.3 Å². The molecule has 15 nitrogen and oxygen atoms in total. The van der Waals surface area contributed by atoms with Gasteiger partial charge in [0.05, 0.1) is 31.6 Å². The van der Waals surface area contributed by atoms with Crippen molar-refractivity contribution in [3.8, 4) is 0 Å². The molecule has 33 heavy (non-hydrogen) atoms. The fourth-order valence-corrected chi connectivity index (χ4v) is 4.33. The number of aliphatic hydroxyl groups excluding tert-OH is 8. The van der Waals surface area contributed by atoms with Crippen molar-refractivity contribution in [2.45, 2.75) is 79.9 Å². The van der Waals surface area contributed by atoms with Gasteiger partial charge in [-0.15, -0.1) is 5.10 Å². The van der Waals surface area contributed by atoms with Crippen LogP contribution in [0.2, 0.25) is 0 Å². The maximum atomic E-state index is 10.9. The van der Waals surface area contributed by atoms with Crippen LogP contribution < -0.4 is 5.32 Å². The van der Waals surface area contributed by atoms with Crippen molar-refractivity contribution >= 4 is 0 Å². The van der Waals surface area contributed by atoms with E-state index in [1.165, 1.54) is 6.20 Å². The number of aromatic nitrogens is 3. The van der Waals surface area contributed by atoms with Gasteiger partial charge < -0.3 is 60.4 Å². The molecule has 0 bridgehead atoms. The molecule has 1 aromatic heterocycles. The molecule has 1 aromatic rings. The van der Waals surface area contributed by atoms with E-state index < -0.39 is 86.7 Å². The summed E-state index contributed by atoms with van der Waals surface area (Å²) in [5, 5.41) is 91.7. The van der Waals surface area contributed by atoms with Crippen LogP contribution in [-0.2, 0) is 14.2 Å². The molecule has 3 aliphatic rings. The lowest BCUT2D eigenvalue weighted by atomic mass is 9.96. The molecule has 4 rings (SSSR count). The third kappa shape index (κ3) is 4.64. The van der Waals surface area contributed by atoms with Gasteiger partial charge in [-0.3, -0.25) is 0 Å². The van der Waals surface area contributed by atoms with Gasteiger partial charge in [-0.25, -0.2) is 4.68 Å². The minimum atomic E-state index is -1.76. The van der Waals surface area contributed by atoms with Gasteiger partial charge in [-0.05, 0) is 13.0 Å². The van der Waals surface area contributed by atoms with E-state index >= 15 is 0 Å². The zero-order valence-electron chi connectivity index (χ0n) is 17.5. The highest BCUT2D eigenvalue weighted by molar-refractivity contribution is 5.07. The van der Waals surface area contributed by atoms with Gasteiger partial charge in [0.15, 0.2) is 12.5 Å². The molecule has 0 aromatic carbocycles. The quantitative estimate of drug-likeness (QED) is 0.186. The Balaban J connectivity index is 1.54. The maximum Gasteiger partial charge on any atom is 0.187 e. The molecule has 3 saturated heterocycles. The summed E-state index contributed by atoms with van der Waals surface area (Å²) >= 11 is 0. The molecule has 4 heterocycles. The number of hydrogen-bond acceptors (Lipinski definition) is 14. The van der Waals surface area contributed by atoms with E-state index in [0.29, 0.717) is 18.7 Å². The average Bonchev–Trinajstić information content (AvgIpc) is 3.45. The van der Waals surface area contributed by atoms with E-state index in [9.17, 15) is 40.9 Å². The number of aliphatic hydroxyl groups is 8. The molecule has 0 unspecified atom stereocenters. The van der Waals surface area contributed by atoms with Crippen LogP contribution in [0.5, 0.6) is 0 Å². The Morgan fingerprint density at radius 2 is 1.64 bits per heavy atom. The van der Waals surface area contributed by atoms with Gasteiger partial charge in [0.25, 0.3) is 0 Å². The minimum absolute atomic E-state index is 0.397. The normalized spacial score (nSPS) is 46.5. The molecule has 188 valence electrons. The first-order valence-corrected chi connectivity index (χ1v) is 10.7. The number of nitrogens with one attached hydrogen (secondary N) is 1. The van der Waals surface area contributed by atoms with E-state index in [0.717, 1.165) is 4.68 Å². The topological polar surface area (TPSA) is 232 Å². The number of nitrogens with zero attached hydrogens (tertiary/aromatic N) is 3. The molecule has 0 spiro atoms. The SMILES string of the molecule is OC[C@H]1O[C@@H](O[C@@H]2[C@@H](O)[C@H](n3cc([C@H]4NCC[C@@H]4O)nn3)O[C@H](CO)[C@H]2O)[C@H](O)[C@@H](O)[C@@H]1O. The van der Waals surface area contributed by atoms with Gasteiger partial charge in [0, 0.05) is 0 Å². The summed E-state index contributed by atoms with van der Waals surface area (Å²) < 4.78 is 17.6. The summed E-state index contributed by atoms with van der Waals surface area (Å²) in [5.74, 6) is 0. The summed E-state index contributed by atoms with van der Waals surface area (Å²) in [6.45, 7) is -0.743. The molecule has 0 saturated carbocycles. The molecule has 0 radical (unpaired) electrons. The van der Waals surface area contributed by atoms with Gasteiger partial charge in [-0.1, -0.05) is 5.21 Å². The Hall–Kier alpha value is -1.34. The lowest BCUT2D eigenvalue weighted by molar-refractivity contribution is -0.347. The summed E-state index contributed by atoms with van der Waals surface area (Å²) in [5.41, 5.74) is 0.397. The van der Waals surface area contributed by atoms with Crippen molar-refractivity contribution < 1.29 is 55.1 Å². The van der Waals surface area contributed by atoms with Crippen LogP contribution >= 0.6 is 0 Å². The molecule has 0 aliphatic carbocycles. The predicted octanol–water partition coefficient (Wildman–Crippen LogP) is -5.53. The lowest BCUT2D eigenvalue weighted by Crippen LogP contribution is -2.63. The second-order valence-electron chi connectivity index (χ2n) is 8.44. The summed E-state index contributed by atoms with van der Waals surface area (Å²) in [4.78, 5) is 0. The van der Waals surface area contributed by atoms with Crippen molar-refractivity contribution in [2.75, 3.05) is 19.8 Å². The fraction of sp³-hybridized carbons (Fsp3) is 0.889. The Kier molecular flexibility index (Phi) is 7.59. The van der Waals surface area contributed by atoms with Crippen LogP contribution in [-0.4, -0.2) is 137 Å². The van der Waals surface area contributed by atoms with Crippen LogP contribution in [0.1, 0.15) is 24.4 Å². The van der Waals surface area contributed by atoms with Crippen LogP contribution in [0.3, 0.4) is 0 Å². The van der Waals surface area contributed by atoms with E-state index in [-0.39, 0.29) is 0 Å². The monoisotopic (exact) mass is 478 g/mol. The standard InChI is InChI=1S/C18H30N4O11/c23-4-8-11(26)13(28)14(29)18(32-8)33-16-12(27)9(5-24)31-17(15(16)30)22-3-6(20-21-22)10-7(25)1-2-19-10/h3,7-19,23-30H,1-2,4-5H2/t7-,8+,9+,10+,11+,12+,13-,14+,15+,16-,17+,18-/m0/s1. The highest BCUT2D eigenvalue weighted by Crippen LogP contribution is 2.33. The zero-order valence-corrected chi connectivity index (χ0v) is 17.5. The second kappa shape index (κ2) is 10.1. The van der Waals surface area contributed by atoms with Gasteiger partial charge in [-0.2, -0.15) is 0 Å². The minimum Gasteiger partial charge on any atom is -0.394 e. The van der Waals surface area contributed by atoms with Crippen molar-refractivity contribution in [2.24, 2.45) is 0 Å². The van der Waals surface area contributed by atoms with E-state index in [1.54, 1.807) is 0 Å². The molecule has 15 heteroatoms. The van der Waals surface area contributed by atoms with Gasteiger partial charge in [0.1, 0.15) is 54.5 Å². The van der Waals surface area contributed by atoms with E-state index in [4.69, 9.17) is 14.2 Å². The number of rotatable bonds is 6. The first-order chi connectivity index (χ1) is 15.8. The molecule has 12 atom stereocenters. The van der Waals surface area contributed by atoms with Crippen molar-refractivity contribution in [3.05, 3.63) is 11.9 Å². The predicted molar refractivity (Wildman–Crippen MR) is 103 cm³/mol. The summed E-state index contributed by atoms with van der Waals surface area (Å²) in [7, 11) is 0. The lowest BCUT2D eigenvalue weighted by Gasteiger charge is -2.45. The summed E-state index contributed by atoms with van der Waals surface area (Å²) in [6.07, 6.45) is -13.8. The number of ether oxygens (including phenoxy) is 3. The number of hydrogen-bond donors (Lipinski definition) is 9. The van der Waals surface area contributed by atoms with E-state index in [2.05, 4.69) is 15.6 Å². The average molecular weight is 478 g/mol. The third-order valence-electron chi connectivity index (χ3n) is 6.28. The maximum absolute atomic E-state index is 10.9. The molecule has 9 N–H and O–H groups in total. The molecular weight excluding hydrogens is 448 g/mol. The van der Waals surface area contributed by atoms with Crippen LogP contribution in [0.25, 0.3) is 0 Å². The Morgan fingerprint density at radius 1 is 0.939 bits per heavy atom. The molecule has 3 aliphatic heterocycles. The molecular formula is C18H30N4O11. The van der Waals surface area contributed by atoms with Gasteiger partial charge in [0.2, 0.25) is 0 Å². The first-order valence-electron chi connectivity index (χ1n) is 10.7. The summed E-state index contributed by atoms with van der Waals surface area (Å²) in [6, 6.07) is -0.458. The highest BCUT2D eigenvalue weighted by atomic mass is 16.7. The largest absolute Gasteiger partial charge is 0.394 e. The van der Waals surface area contributed by atoms with Crippen molar-refractivity contribution in [3.63, 3.8) is 0 Å². The highest BCUT2D eigenvalue weighted by Gasteiger charge is 2.51.